The van der Waals surface area contributed by atoms with Crippen molar-refractivity contribution in [3.63, 3.8) is 0 Å². The van der Waals surface area contributed by atoms with Gasteiger partial charge in [-0.25, -0.2) is 14.6 Å². The molecule has 3 rings (SSSR count). The second-order valence-corrected chi connectivity index (χ2v) is 4.89. The van der Waals surface area contributed by atoms with Gasteiger partial charge in [0.2, 0.25) is 5.91 Å². The lowest BCUT2D eigenvalue weighted by Gasteiger charge is -2.03. The van der Waals surface area contributed by atoms with Crippen molar-refractivity contribution >= 4 is 24.1 Å². The summed E-state index contributed by atoms with van der Waals surface area (Å²) in [7, 11) is 0. The number of carboxylic acids is 1. The third kappa shape index (κ3) is 2.95. The van der Waals surface area contributed by atoms with Crippen LogP contribution in [0.3, 0.4) is 0 Å². The first-order valence-electron chi connectivity index (χ1n) is 6.76. The number of aromatic carboxylic acids is 1. The normalized spacial score (nSPS) is 14.4. The number of imide groups is 1. The van der Waals surface area contributed by atoms with Crippen LogP contribution in [0, 0.1) is 0 Å². The van der Waals surface area contributed by atoms with Crippen LogP contribution in [0.15, 0.2) is 39.9 Å². The maximum absolute atomic E-state index is 11.3. The molecule has 0 unspecified atom stereocenters. The van der Waals surface area contributed by atoms with Gasteiger partial charge in [-0.05, 0) is 30.3 Å². The number of hydrogen-bond donors (Lipinski definition) is 3. The van der Waals surface area contributed by atoms with Gasteiger partial charge in [0, 0.05) is 5.56 Å². The van der Waals surface area contributed by atoms with Crippen molar-refractivity contribution in [1.29, 1.82) is 0 Å². The highest BCUT2D eigenvalue weighted by molar-refractivity contribution is 6.02. The summed E-state index contributed by atoms with van der Waals surface area (Å²) in [5, 5.41) is 25.4. The monoisotopic (exact) mass is 329 g/mol. The smallest absolute Gasteiger partial charge is 0.344 e. The van der Waals surface area contributed by atoms with Crippen LogP contribution in [0.2, 0.25) is 0 Å². The fourth-order valence-corrected chi connectivity index (χ4v) is 2.09. The molecule has 122 valence electrons. The van der Waals surface area contributed by atoms with Crippen LogP contribution in [0.5, 0.6) is 5.75 Å². The van der Waals surface area contributed by atoms with Crippen LogP contribution in [0.1, 0.15) is 16.1 Å². The van der Waals surface area contributed by atoms with Gasteiger partial charge in [-0.15, -0.1) is 0 Å². The number of carbonyl (C=O) groups is 3. The number of nitrogens with one attached hydrogen (secondary N) is 1. The van der Waals surface area contributed by atoms with Gasteiger partial charge >= 0.3 is 12.0 Å². The Morgan fingerprint density at radius 3 is 2.75 bits per heavy atom. The number of benzene rings is 1. The topological polar surface area (TPSA) is 132 Å². The van der Waals surface area contributed by atoms with Crippen LogP contribution in [0.4, 0.5) is 4.79 Å². The Morgan fingerprint density at radius 2 is 2.08 bits per heavy atom. The van der Waals surface area contributed by atoms with Gasteiger partial charge in [0.25, 0.3) is 0 Å². The Labute approximate surface area is 134 Å². The highest BCUT2D eigenvalue weighted by atomic mass is 16.4. The Hall–Kier alpha value is -3.62. The molecular weight excluding hydrogens is 318 g/mol. The first-order valence-corrected chi connectivity index (χ1v) is 6.76. The minimum atomic E-state index is -1.26. The molecule has 0 bridgehead atoms. The zero-order valence-corrected chi connectivity index (χ0v) is 12.1. The van der Waals surface area contributed by atoms with Crippen molar-refractivity contribution in [1.82, 2.24) is 10.3 Å². The third-order valence-corrected chi connectivity index (χ3v) is 3.24. The Balaban J connectivity index is 1.81. The highest BCUT2D eigenvalue weighted by Gasteiger charge is 2.26. The van der Waals surface area contributed by atoms with E-state index in [1.165, 1.54) is 24.4 Å². The van der Waals surface area contributed by atoms with Crippen molar-refractivity contribution in [2.24, 2.45) is 5.10 Å². The van der Waals surface area contributed by atoms with E-state index < -0.39 is 17.9 Å². The number of hydrazone groups is 1. The summed E-state index contributed by atoms with van der Waals surface area (Å²) in [6, 6.07) is 6.59. The quantitative estimate of drug-likeness (QED) is 0.571. The number of hydrogen-bond acceptors (Lipinski definition) is 6. The molecule has 0 radical (unpaired) electrons. The van der Waals surface area contributed by atoms with Gasteiger partial charge in [-0.1, -0.05) is 0 Å². The lowest BCUT2D eigenvalue weighted by molar-refractivity contribution is -0.118. The Bertz CT molecular complexity index is 870. The van der Waals surface area contributed by atoms with Crippen molar-refractivity contribution in [2.45, 2.75) is 0 Å². The van der Waals surface area contributed by atoms with Gasteiger partial charge in [0.05, 0.1) is 6.21 Å². The van der Waals surface area contributed by atoms with E-state index >= 15 is 0 Å². The molecule has 24 heavy (non-hydrogen) atoms. The average Bonchev–Trinajstić information content (AvgIpc) is 3.12. The van der Waals surface area contributed by atoms with Crippen molar-refractivity contribution in [3.8, 4) is 17.1 Å². The molecular formula is C15H11N3O6. The molecule has 0 atom stereocenters. The number of phenols is 1. The number of furan rings is 1. The van der Waals surface area contributed by atoms with Crippen molar-refractivity contribution < 1.29 is 29.0 Å². The second kappa shape index (κ2) is 5.88. The van der Waals surface area contributed by atoms with E-state index in [-0.39, 0.29) is 17.9 Å². The lowest BCUT2D eigenvalue weighted by atomic mass is 10.1. The maximum atomic E-state index is 11.3. The summed E-state index contributed by atoms with van der Waals surface area (Å²) in [5.74, 6) is -1.37. The maximum Gasteiger partial charge on any atom is 0.344 e. The predicted octanol–water partition coefficient (Wildman–Crippen LogP) is 1.24. The minimum Gasteiger partial charge on any atom is -0.507 e. The van der Waals surface area contributed by atoms with E-state index in [1.54, 1.807) is 12.1 Å². The molecule has 3 amide bonds. The molecule has 2 aromatic rings. The van der Waals surface area contributed by atoms with Crippen LogP contribution >= 0.6 is 0 Å². The molecule has 1 aromatic heterocycles. The summed E-state index contributed by atoms with van der Waals surface area (Å²) in [5.41, 5.74) is 0.213. The summed E-state index contributed by atoms with van der Waals surface area (Å²) in [6.07, 6.45) is 1.26. The molecule has 1 aliphatic rings. The van der Waals surface area contributed by atoms with Crippen LogP contribution < -0.4 is 5.32 Å². The number of carbonyl (C=O) groups excluding carboxylic acids is 2. The van der Waals surface area contributed by atoms with Crippen molar-refractivity contribution in [3.05, 3.63) is 41.7 Å². The number of nitrogens with zero attached hydrogens (tertiary/aromatic N) is 2. The molecule has 0 saturated carbocycles. The molecule has 1 aromatic carbocycles. The molecule has 0 spiro atoms. The molecule has 2 heterocycles. The number of aromatic hydroxyl groups is 1. The summed E-state index contributed by atoms with van der Waals surface area (Å²) in [4.78, 5) is 33.4. The lowest BCUT2D eigenvalue weighted by Crippen LogP contribution is -2.24. The molecule has 0 aliphatic carbocycles. The number of carboxylic acid groups (broad SMARTS) is 1. The fraction of sp³-hybridized carbons (Fsp3) is 0.0667. The van der Waals surface area contributed by atoms with Crippen molar-refractivity contribution in [2.75, 3.05) is 6.54 Å². The van der Waals surface area contributed by atoms with Crippen LogP contribution in [-0.2, 0) is 4.79 Å². The van der Waals surface area contributed by atoms with E-state index in [0.29, 0.717) is 17.1 Å². The van der Waals surface area contributed by atoms with E-state index in [0.717, 1.165) is 5.01 Å². The fourth-order valence-electron chi connectivity index (χ4n) is 2.09. The SMILES string of the molecule is O=C1CN(/N=C/c2ccc(-c3ccc(O)c(C(=O)O)c3)o2)C(=O)N1. The largest absolute Gasteiger partial charge is 0.507 e. The summed E-state index contributed by atoms with van der Waals surface area (Å²) >= 11 is 0. The first-order chi connectivity index (χ1) is 11.4. The van der Waals surface area contributed by atoms with E-state index in [9.17, 15) is 19.5 Å². The van der Waals surface area contributed by atoms with Crippen LogP contribution in [0.25, 0.3) is 11.3 Å². The molecule has 1 fully saturated rings. The number of amides is 3. The Morgan fingerprint density at radius 1 is 1.29 bits per heavy atom. The molecule has 1 aliphatic heterocycles. The molecule has 3 N–H and O–H groups in total. The van der Waals surface area contributed by atoms with E-state index in [4.69, 9.17) is 9.52 Å². The zero-order valence-electron chi connectivity index (χ0n) is 12.1. The van der Waals surface area contributed by atoms with Crippen LogP contribution in [-0.4, -0.2) is 45.9 Å². The zero-order chi connectivity index (χ0) is 17.3. The van der Waals surface area contributed by atoms with Gasteiger partial charge < -0.3 is 14.6 Å². The number of rotatable bonds is 4. The molecule has 9 nitrogen and oxygen atoms in total. The highest BCUT2D eigenvalue weighted by Crippen LogP contribution is 2.27. The third-order valence-electron chi connectivity index (χ3n) is 3.24. The molecule has 1 saturated heterocycles. The van der Waals surface area contributed by atoms with Gasteiger partial charge in [-0.3, -0.25) is 10.1 Å². The minimum absolute atomic E-state index is 0.164. The van der Waals surface area contributed by atoms with Gasteiger partial charge in [0.1, 0.15) is 29.4 Å². The predicted molar refractivity (Wildman–Crippen MR) is 80.6 cm³/mol. The summed E-state index contributed by atoms with van der Waals surface area (Å²) in [6.45, 7) is -0.164. The molecule has 9 heteroatoms. The Kier molecular flexibility index (Phi) is 3.74. The van der Waals surface area contributed by atoms with Gasteiger partial charge in [0.15, 0.2) is 0 Å². The average molecular weight is 329 g/mol. The number of urea groups is 1. The van der Waals surface area contributed by atoms with E-state index in [1.807, 2.05) is 0 Å². The first kappa shape index (κ1) is 15.3. The standard InChI is InChI=1S/C15H11N3O6/c19-11-3-1-8(5-10(11)14(21)22)12-4-2-9(24-12)6-16-18-7-13(20)17-15(18)23/h1-6,19H,7H2,(H,21,22)(H,17,20,23)/b16-6+. The second-order valence-electron chi connectivity index (χ2n) is 4.89. The van der Waals surface area contributed by atoms with E-state index in [2.05, 4.69) is 10.4 Å². The van der Waals surface area contributed by atoms with Gasteiger partial charge in [-0.2, -0.15) is 5.10 Å². The summed E-state index contributed by atoms with van der Waals surface area (Å²) < 4.78 is 5.50.